The standard InChI is InChI=1S/C26H35N5O5/c1-7-8-9-10-20-11-21-24(27-12-20)35-22(16(2)13-31(25(21)33)17(3)15-32)14-30(6)26(34)28-23-18(4)29-36-19(23)5/h11-12,16-17,22,32H,7-8,13-15H2,1-6H3,(H,28,34)/t16-,17-,22+/m0/s1. The average molecular weight is 498 g/mol. The second-order valence-corrected chi connectivity index (χ2v) is 9.26. The summed E-state index contributed by atoms with van der Waals surface area (Å²) in [6, 6.07) is 0.946. The maximum absolute atomic E-state index is 13.5. The molecular weight excluding hydrogens is 462 g/mol. The van der Waals surface area contributed by atoms with Crippen molar-refractivity contribution < 1.29 is 24.0 Å². The molecule has 0 saturated heterocycles. The number of carbonyl (C=O) groups is 2. The summed E-state index contributed by atoms with van der Waals surface area (Å²) >= 11 is 0. The maximum atomic E-state index is 13.5. The zero-order valence-corrected chi connectivity index (χ0v) is 21.8. The van der Waals surface area contributed by atoms with Gasteiger partial charge in [-0.2, -0.15) is 0 Å². The normalized spacial score (nSPS) is 18.2. The molecule has 2 N–H and O–H groups in total. The van der Waals surface area contributed by atoms with Crippen LogP contribution in [0, 0.1) is 31.6 Å². The van der Waals surface area contributed by atoms with Crippen molar-refractivity contribution in [3.63, 3.8) is 0 Å². The van der Waals surface area contributed by atoms with Crippen LogP contribution < -0.4 is 10.1 Å². The van der Waals surface area contributed by atoms with Crippen molar-refractivity contribution in [2.24, 2.45) is 5.92 Å². The zero-order valence-electron chi connectivity index (χ0n) is 21.8. The predicted octanol–water partition coefficient (Wildman–Crippen LogP) is 3.22. The lowest BCUT2D eigenvalue weighted by Gasteiger charge is -2.37. The van der Waals surface area contributed by atoms with Crippen molar-refractivity contribution in [2.75, 3.05) is 32.1 Å². The lowest BCUT2D eigenvalue weighted by Crippen LogP contribution is -2.50. The summed E-state index contributed by atoms with van der Waals surface area (Å²) in [6.45, 7) is 9.68. The van der Waals surface area contributed by atoms with Gasteiger partial charge in [-0.3, -0.25) is 4.79 Å². The number of carbonyl (C=O) groups excluding carboxylic acids is 2. The van der Waals surface area contributed by atoms with Crippen molar-refractivity contribution in [3.05, 3.63) is 34.8 Å². The van der Waals surface area contributed by atoms with Crippen LogP contribution in [0.25, 0.3) is 0 Å². The molecule has 194 valence electrons. The van der Waals surface area contributed by atoms with Gasteiger partial charge < -0.3 is 29.5 Å². The van der Waals surface area contributed by atoms with Crippen molar-refractivity contribution in [1.82, 2.24) is 19.9 Å². The minimum absolute atomic E-state index is 0.156. The molecule has 0 aliphatic carbocycles. The molecule has 3 heterocycles. The quantitative estimate of drug-likeness (QED) is 0.588. The average Bonchev–Trinajstić information content (AvgIpc) is 3.18. The van der Waals surface area contributed by atoms with Crippen LogP contribution in [0.15, 0.2) is 16.8 Å². The number of hydrogen-bond donors (Lipinski definition) is 2. The predicted molar refractivity (Wildman–Crippen MR) is 135 cm³/mol. The maximum Gasteiger partial charge on any atom is 0.321 e. The van der Waals surface area contributed by atoms with Crippen LogP contribution in [0.5, 0.6) is 5.88 Å². The van der Waals surface area contributed by atoms with E-state index in [2.05, 4.69) is 27.3 Å². The van der Waals surface area contributed by atoms with Gasteiger partial charge in [-0.15, -0.1) is 0 Å². The first-order chi connectivity index (χ1) is 17.2. The van der Waals surface area contributed by atoms with Crippen LogP contribution in [0.3, 0.4) is 0 Å². The Hall–Kier alpha value is -3.58. The molecule has 0 bridgehead atoms. The molecular formula is C26H35N5O5. The third-order valence-electron chi connectivity index (χ3n) is 6.19. The number of aliphatic hydroxyl groups is 1. The van der Waals surface area contributed by atoms with E-state index < -0.39 is 12.1 Å². The number of pyridine rings is 1. The van der Waals surface area contributed by atoms with Gasteiger partial charge in [0.05, 0.1) is 19.2 Å². The first kappa shape index (κ1) is 27.0. The molecule has 0 unspecified atom stereocenters. The second-order valence-electron chi connectivity index (χ2n) is 9.26. The molecule has 3 rings (SSSR count). The van der Waals surface area contributed by atoms with Crippen LogP contribution in [-0.2, 0) is 0 Å². The Labute approximate surface area is 212 Å². The summed E-state index contributed by atoms with van der Waals surface area (Å²) in [4.78, 5) is 33.9. The molecule has 10 nitrogen and oxygen atoms in total. The third kappa shape index (κ3) is 6.15. The number of nitrogens with one attached hydrogen (secondary N) is 1. The van der Waals surface area contributed by atoms with Crippen molar-refractivity contribution >= 4 is 17.6 Å². The number of aryl methyl sites for hydroxylation is 2. The Kier molecular flexibility index (Phi) is 8.93. The molecule has 1 aliphatic heterocycles. The molecule has 0 fully saturated rings. The molecule has 0 radical (unpaired) electrons. The number of ether oxygens (including phenoxy) is 1. The van der Waals surface area contributed by atoms with Crippen LogP contribution >= 0.6 is 0 Å². The van der Waals surface area contributed by atoms with Gasteiger partial charge >= 0.3 is 6.03 Å². The molecule has 2 aromatic heterocycles. The highest BCUT2D eigenvalue weighted by molar-refractivity contribution is 5.97. The fourth-order valence-electron chi connectivity index (χ4n) is 3.89. The van der Waals surface area contributed by atoms with Crippen LogP contribution in [0.1, 0.15) is 61.0 Å². The minimum Gasteiger partial charge on any atom is -0.472 e. The number of hydrogen-bond acceptors (Lipinski definition) is 7. The van der Waals surface area contributed by atoms with Gasteiger partial charge in [0, 0.05) is 37.7 Å². The van der Waals surface area contributed by atoms with E-state index in [1.807, 2.05) is 13.8 Å². The Bertz CT molecular complexity index is 1130. The van der Waals surface area contributed by atoms with Gasteiger partial charge in [-0.25, -0.2) is 9.78 Å². The van der Waals surface area contributed by atoms with Gasteiger partial charge in [0.15, 0.2) is 5.76 Å². The smallest absolute Gasteiger partial charge is 0.321 e. The SMILES string of the molecule is CCCC#Cc1cnc2c(c1)C(=O)N([C@@H](C)CO)C[C@H](C)[C@@H](CN(C)C(=O)Nc1c(C)noc1C)O2. The number of urea groups is 1. The topological polar surface area (TPSA) is 121 Å². The molecule has 2 aromatic rings. The van der Waals surface area contributed by atoms with E-state index in [1.54, 1.807) is 45.0 Å². The number of fused-ring (bicyclic) bond motifs is 1. The molecule has 1 aliphatic rings. The van der Waals surface area contributed by atoms with Crippen LogP contribution in [0.4, 0.5) is 10.5 Å². The van der Waals surface area contributed by atoms with Gasteiger partial charge in [0.1, 0.15) is 23.0 Å². The van der Waals surface area contributed by atoms with E-state index in [4.69, 9.17) is 9.26 Å². The summed E-state index contributed by atoms with van der Waals surface area (Å²) in [5, 5.41) is 16.5. The van der Waals surface area contributed by atoms with E-state index in [0.29, 0.717) is 34.8 Å². The zero-order chi connectivity index (χ0) is 26.4. The molecule has 36 heavy (non-hydrogen) atoms. The minimum atomic E-state index is -0.463. The summed E-state index contributed by atoms with van der Waals surface area (Å²) in [5.74, 6) is 6.40. The van der Waals surface area contributed by atoms with Crippen LogP contribution in [0.2, 0.25) is 0 Å². The fraction of sp³-hybridized carbons (Fsp3) is 0.538. The number of amides is 3. The Morgan fingerprint density at radius 3 is 2.81 bits per heavy atom. The van der Waals surface area contributed by atoms with E-state index in [0.717, 1.165) is 12.8 Å². The summed E-state index contributed by atoms with van der Waals surface area (Å²) in [5.41, 5.74) is 2.04. The second kappa shape index (κ2) is 11.9. The lowest BCUT2D eigenvalue weighted by atomic mass is 10.00. The number of aliphatic hydroxyl groups excluding tert-OH is 1. The van der Waals surface area contributed by atoms with E-state index in [1.165, 1.54) is 4.90 Å². The first-order valence-electron chi connectivity index (χ1n) is 12.2. The molecule has 0 saturated carbocycles. The lowest BCUT2D eigenvalue weighted by molar-refractivity contribution is 0.0356. The van der Waals surface area contributed by atoms with Gasteiger partial charge in [0.25, 0.3) is 5.91 Å². The van der Waals surface area contributed by atoms with Gasteiger partial charge in [0.2, 0.25) is 5.88 Å². The largest absolute Gasteiger partial charge is 0.472 e. The highest BCUT2D eigenvalue weighted by Crippen LogP contribution is 2.27. The summed E-state index contributed by atoms with van der Waals surface area (Å²) in [7, 11) is 1.67. The molecule has 10 heteroatoms. The van der Waals surface area contributed by atoms with Gasteiger partial charge in [-0.05, 0) is 33.3 Å². The van der Waals surface area contributed by atoms with E-state index >= 15 is 0 Å². The number of aromatic nitrogens is 2. The third-order valence-corrected chi connectivity index (χ3v) is 6.19. The number of rotatable bonds is 6. The monoisotopic (exact) mass is 497 g/mol. The molecule has 3 atom stereocenters. The van der Waals surface area contributed by atoms with E-state index in [9.17, 15) is 14.7 Å². The first-order valence-corrected chi connectivity index (χ1v) is 12.2. The summed E-state index contributed by atoms with van der Waals surface area (Å²) in [6.07, 6.45) is 2.81. The highest BCUT2D eigenvalue weighted by Gasteiger charge is 2.34. The number of likely N-dealkylation sites (N-methyl/N-ethyl adjacent to an activating group) is 1. The number of unbranched alkanes of at least 4 members (excludes halogenated alkanes) is 1. The van der Waals surface area contributed by atoms with Crippen molar-refractivity contribution in [3.8, 4) is 17.7 Å². The highest BCUT2D eigenvalue weighted by atomic mass is 16.5. The fourth-order valence-corrected chi connectivity index (χ4v) is 3.89. The Morgan fingerprint density at radius 2 is 2.17 bits per heavy atom. The van der Waals surface area contributed by atoms with Crippen LogP contribution in [-0.4, -0.2) is 75.9 Å². The molecule has 3 amide bonds. The van der Waals surface area contributed by atoms with Crippen molar-refractivity contribution in [2.45, 2.75) is 59.6 Å². The Balaban J connectivity index is 1.88. The van der Waals surface area contributed by atoms with E-state index in [-0.39, 0.29) is 36.9 Å². The number of nitrogens with zero attached hydrogens (tertiary/aromatic N) is 4. The molecule has 0 spiro atoms. The van der Waals surface area contributed by atoms with Crippen molar-refractivity contribution in [1.29, 1.82) is 0 Å². The van der Waals surface area contributed by atoms with Gasteiger partial charge in [-0.1, -0.05) is 30.8 Å². The molecule has 0 aromatic carbocycles. The number of anilines is 1. The summed E-state index contributed by atoms with van der Waals surface area (Å²) < 4.78 is 11.4. The Morgan fingerprint density at radius 1 is 1.42 bits per heavy atom.